The molecule has 1 atom stereocenters. The fraction of sp³-hybridized carbons (Fsp3) is 0.273. The zero-order valence-corrected chi connectivity index (χ0v) is 11.2. The highest BCUT2D eigenvalue weighted by atomic mass is 79.9. The van der Waals surface area contributed by atoms with Crippen molar-refractivity contribution in [2.24, 2.45) is 0 Å². The molecule has 94 valence electrons. The number of methoxy groups -OCH3 is 1. The Morgan fingerprint density at radius 1 is 1.44 bits per heavy atom. The summed E-state index contributed by atoms with van der Waals surface area (Å²) in [6.45, 7) is 0.270. The highest BCUT2D eigenvalue weighted by molar-refractivity contribution is 9.10. The van der Waals surface area contributed by atoms with E-state index in [-0.39, 0.29) is 12.5 Å². The summed E-state index contributed by atoms with van der Waals surface area (Å²) >= 11 is 3.20. The number of carbonyl (C=O) groups is 1. The number of carbonyl (C=O) groups excluding carboxylic acids is 1. The van der Waals surface area contributed by atoms with E-state index in [1.54, 1.807) is 0 Å². The van der Waals surface area contributed by atoms with Crippen LogP contribution in [0.1, 0.15) is 0 Å². The Bertz CT molecular complexity index is 529. The third kappa shape index (κ3) is 2.92. The van der Waals surface area contributed by atoms with E-state index in [0.29, 0.717) is 5.82 Å². The van der Waals surface area contributed by atoms with Crippen LogP contribution in [0.5, 0.6) is 0 Å². The lowest BCUT2D eigenvalue weighted by Crippen LogP contribution is -2.22. The summed E-state index contributed by atoms with van der Waals surface area (Å²) in [7, 11) is 1.33. The highest BCUT2D eigenvalue weighted by Gasteiger charge is 2.17. The lowest BCUT2D eigenvalue weighted by atomic mass is 10.2. The molecule has 0 bridgehead atoms. The van der Waals surface area contributed by atoms with Crippen LogP contribution >= 0.6 is 15.9 Å². The van der Waals surface area contributed by atoms with Crippen molar-refractivity contribution in [3.63, 3.8) is 0 Å². The minimum absolute atomic E-state index is 0.270. The van der Waals surface area contributed by atoms with Crippen molar-refractivity contribution < 1.29 is 9.53 Å². The Kier molecular flexibility index (Phi) is 4.03. The quantitative estimate of drug-likeness (QED) is 0.628. The largest absolute Gasteiger partial charge is 0.468 e. The van der Waals surface area contributed by atoms with Gasteiger partial charge in [0.05, 0.1) is 13.7 Å². The fourth-order valence-corrected chi connectivity index (χ4v) is 1.82. The predicted molar refractivity (Wildman–Crippen MR) is 68.0 cm³/mol. The molecule has 1 aromatic heterocycles. The number of halogens is 1. The van der Waals surface area contributed by atoms with Crippen LogP contribution in [0, 0.1) is 0 Å². The number of nitrogens with zero attached hydrogens (tertiary/aromatic N) is 4. The zero-order valence-electron chi connectivity index (χ0n) is 9.65. The standard InChI is InChI=1S/C11H11BrN4O2/c1-18-11(17)9(12)7-16-14-10(13-15-16)8-5-3-2-4-6-8/h2-6,9H,7H2,1H3. The van der Waals surface area contributed by atoms with E-state index >= 15 is 0 Å². The summed E-state index contributed by atoms with van der Waals surface area (Å²) in [6, 6.07) is 9.51. The summed E-state index contributed by atoms with van der Waals surface area (Å²) in [5.41, 5.74) is 0.882. The average Bonchev–Trinajstić information content (AvgIpc) is 2.87. The van der Waals surface area contributed by atoms with Gasteiger partial charge in [0.25, 0.3) is 0 Å². The van der Waals surface area contributed by atoms with Gasteiger partial charge < -0.3 is 4.74 Å². The van der Waals surface area contributed by atoms with Gasteiger partial charge >= 0.3 is 5.97 Å². The second-order valence-electron chi connectivity index (χ2n) is 3.52. The number of hydrogen-bond donors (Lipinski definition) is 0. The summed E-state index contributed by atoms with van der Waals surface area (Å²) in [6.07, 6.45) is 0. The summed E-state index contributed by atoms with van der Waals surface area (Å²) in [5, 5.41) is 12.0. The smallest absolute Gasteiger partial charge is 0.321 e. The molecule has 0 saturated carbocycles. The molecule has 1 heterocycles. The summed E-state index contributed by atoms with van der Waals surface area (Å²) in [5.74, 6) is 0.161. The van der Waals surface area contributed by atoms with Crippen molar-refractivity contribution in [3.8, 4) is 11.4 Å². The molecule has 1 aromatic carbocycles. The normalized spacial score (nSPS) is 12.1. The number of hydrogen-bond acceptors (Lipinski definition) is 5. The first-order chi connectivity index (χ1) is 8.70. The van der Waals surface area contributed by atoms with Crippen LogP contribution in [-0.2, 0) is 16.1 Å². The second-order valence-corrected chi connectivity index (χ2v) is 4.63. The lowest BCUT2D eigenvalue weighted by molar-refractivity contribution is -0.140. The lowest BCUT2D eigenvalue weighted by Gasteiger charge is -2.04. The molecular weight excluding hydrogens is 300 g/mol. The maximum atomic E-state index is 11.2. The first-order valence-electron chi connectivity index (χ1n) is 5.26. The van der Waals surface area contributed by atoms with E-state index in [4.69, 9.17) is 0 Å². The zero-order chi connectivity index (χ0) is 13.0. The van der Waals surface area contributed by atoms with Gasteiger partial charge in [-0.05, 0) is 5.21 Å². The maximum Gasteiger partial charge on any atom is 0.321 e. The number of rotatable bonds is 4. The van der Waals surface area contributed by atoms with Gasteiger partial charge in [-0.25, -0.2) is 0 Å². The molecular formula is C11H11BrN4O2. The minimum atomic E-state index is -0.486. The molecule has 0 saturated heterocycles. The van der Waals surface area contributed by atoms with Crippen molar-refractivity contribution in [1.29, 1.82) is 0 Å². The average molecular weight is 311 g/mol. The van der Waals surface area contributed by atoms with Gasteiger partial charge in [-0.3, -0.25) is 4.79 Å². The van der Waals surface area contributed by atoms with Crippen molar-refractivity contribution in [3.05, 3.63) is 30.3 Å². The molecule has 0 spiro atoms. The number of benzene rings is 1. The Morgan fingerprint density at radius 2 is 2.17 bits per heavy atom. The van der Waals surface area contributed by atoms with Gasteiger partial charge in [-0.2, -0.15) is 4.80 Å². The van der Waals surface area contributed by atoms with Crippen molar-refractivity contribution >= 4 is 21.9 Å². The van der Waals surface area contributed by atoms with Crippen molar-refractivity contribution in [2.75, 3.05) is 7.11 Å². The Labute approximate surface area is 112 Å². The third-order valence-corrected chi connectivity index (χ3v) is 2.93. The molecule has 0 amide bonds. The molecule has 2 rings (SSSR count). The van der Waals surface area contributed by atoms with E-state index in [1.165, 1.54) is 11.9 Å². The molecule has 0 radical (unpaired) electrons. The van der Waals surface area contributed by atoms with E-state index < -0.39 is 4.83 Å². The van der Waals surface area contributed by atoms with E-state index in [0.717, 1.165) is 5.56 Å². The van der Waals surface area contributed by atoms with Crippen molar-refractivity contribution in [2.45, 2.75) is 11.4 Å². The van der Waals surface area contributed by atoms with Gasteiger partial charge in [0.1, 0.15) is 4.83 Å². The molecule has 0 fully saturated rings. The number of aromatic nitrogens is 4. The molecule has 1 unspecified atom stereocenters. The molecule has 7 heteroatoms. The number of alkyl halides is 1. The molecule has 0 aliphatic heterocycles. The molecule has 2 aromatic rings. The molecule has 6 nitrogen and oxygen atoms in total. The van der Waals surface area contributed by atoms with Crippen LogP contribution in [0.4, 0.5) is 0 Å². The Morgan fingerprint density at radius 3 is 2.83 bits per heavy atom. The van der Waals surface area contributed by atoms with Gasteiger partial charge in [0.2, 0.25) is 5.82 Å². The van der Waals surface area contributed by atoms with Gasteiger partial charge in [-0.15, -0.1) is 10.2 Å². The van der Waals surface area contributed by atoms with Crippen LogP contribution in [0.3, 0.4) is 0 Å². The SMILES string of the molecule is COC(=O)C(Br)Cn1nnc(-c2ccccc2)n1. The highest BCUT2D eigenvalue weighted by Crippen LogP contribution is 2.12. The topological polar surface area (TPSA) is 69.9 Å². The molecule has 18 heavy (non-hydrogen) atoms. The van der Waals surface area contributed by atoms with Crippen LogP contribution in [0.2, 0.25) is 0 Å². The van der Waals surface area contributed by atoms with Gasteiger partial charge in [0, 0.05) is 5.56 Å². The first kappa shape index (κ1) is 12.7. The molecule has 0 aliphatic rings. The van der Waals surface area contributed by atoms with Crippen LogP contribution in [0.25, 0.3) is 11.4 Å². The Balaban J connectivity index is 2.09. The summed E-state index contributed by atoms with van der Waals surface area (Å²) < 4.78 is 4.60. The van der Waals surface area contributed by atoms with E-state index in [9.17, 15) is 4.79 Å². The molecule has 0 N–H and O–H groups in total. The fourth-order valence-electron chi connectivity index (χ4n) is 1.37. The monoisotopic (exact) mass is 310 g/mol. The minimum Gasteiger partial charge on any atom is -0.468 e. The summed E-state index contributed by atoms with van der Waals surface area (Å²) in [4.78, 5) is 12.1. The number of ether oxygens (including phenoxy) is 1. The van der Waals surface area contributed by atoms with Gasteiger partial charge in [-0.1, -0.05) is 46.3 Å². The number of esters is 1. The molecule has 0 aliphatic carbocycles. The Hall–Kier alpha value is -1.76. The van der Waals surface area contributed by atoms with E-state index in [2.05, 4.69) is 36.1 Å². The number of tetrazole rings is 1. The van der Waals surface area contributed by atoms with Gasteiger partial charge in [0.15, 0.2) is 0 Å². The first-order valence-corrected chi connectivity index (χ1v) is 6.17. The van der Waals surface area contributed by atoms with Crippen LogP contribution in [0.15, 0.2) is 30.3 Å². The van der Waals surface area contributed by atoms with Crippen LogP contribution in [-0.4, -0.2) is 38.1 Å². The van der Waals surface area contributed by atoms with E-state index in [1.807, 2.05) is 30.3 Å². The second kappa shape index (κ2) is 5.72. The maximum absolute atomic E-state index is 11.2. The van der Waals surface area contributed by atoms with Crippen molar-refractivity contribution in [1.82, 2.24) is 20.2 Å². The van der Waals surface area contributed by atoms with Crippen LogP contribution < -0.4 is 0 Å². The predicted octanol–water partition coefficient (Wildman–Crippen LogP) is 1.28. The third-order valence-electron chi connectivity index (χ3n) is 2.27.